The zero-order chi connectivity index (χ0) is 13.7. The molecule has 0 radical (unpaired) electrons. The van der Waals surface area contributed by atoms with Gasteiger partial charge in [-0.3, -0.25) is 0 Å². The van der Waals surface area contributed by atoms with Crippen molar-refractivity contribution in [3.8, 4) is 5.75 Å². The van der Waals surface area contributed by atoms with Gasteiger partial charge in [0.05, 0.1) is 7.11 Å². The van der Waals surface area contributed by atoms with Crippen LogP contribution in [0.3, 0.4) is 0 Å². The third-order valence-electron chi connectivity index (χ3n) is 4.23. The molecule has 1 saturated carbocycles. The summed E-state index contributed by atoms with van der Waals surface area (Å²) >= 11 is 3.67. The Balaban J connectivity index is 2.07. The van der Waals surface area contributed by atoms with Crippen molar-refractivity contribution in [3.05, 3.63) is 28.2 Å². The van der Waals surface area contributed by atoms with Crippen molar-refractivity contribution in [1.82, 2.24) is 5.32 Å². The van der Waals surface area contributed by atoms with Gasteiger partial charge < -0.3 is 10.1 Å². The first-order chi connectivity index (χ1) is 9.24. The van der Waals surface area contributed by atoms with E-state index in [4.69, 9.17) is 4.74 Å². The predicted octanol–water partition coefficient (Wildman–Crippen LogP) is 4.69. The van der Waals surface area contributed by atoms with Crippen LogP contribution in [0, 0.1) is 5.92 Å². The van der Waals surface area contributed by atoms with Crippen LogP contribution >= 0.6 is 15.9 Å². The highest BCUT2D eigenvalue weighted by Gasteiger charge is 2.20. The Hall–Kier alpha value is -0.540. The quantitative estimate of drug-likeness (QED) is 0.848. The molecule has 0 spiro atoms. The van der Waals surface area contributed by atoms with Crippen molar-refractivity contribution < 1.29 is 4.74 Å². The van der Waals surface area contributed by atoms with Gasteiger partial charge in [-0.2, -0.15) is 0 Å². The normalized spacial score (nSPS) is 18.3. The standard InChI is InChI=1S/C16H24BrNO/c1-18-16(10-12-6-4-3-5-7-12)14-9-8-13(19-2)11-15(14)17/h8-9,11-12,16,18H,3-7,10H2,1-2H3. The zero-order valence-electron chi connectivity index (χ0n) is 11.9. The maximum atomic E-state index is 5.26. The molecule has 2 nitrogen and oxygen atoms in total. The average Bonchev–Trinajstić information content (AvgIpc) is 2.46. The molecule has 2 rings (SSSR count). The number of hydrogen-bond acceptors (Lipinski definition) is 2. The van der Waals surface area contributed by atoms with E-state index in [9.17, 15) is 0 Å². The van der Waals surface area contributed by atoms with E-state index < -0.39 is 0 Å². The van der Waals surface area contributed by atoms with Gasteiger partial charge in [0, 0.05) is 10.5 Å². The first-order valence-corrected chi connectivity index (χ1v) is 8.04. The second-order valence-corrected chi connectivity index (χ2v) is 6.32. The van der Waals surface area contributed by atoms with Crippen molar-refractivity contribution >= 4 is 15.9 Å². The molecule has 1 aliphatic carbocycles. The van der Waals surface area contributed by atoms with Gasteiger partial charge in [0.25, 0.3) is 0 Å². The van der Waals surface area contributed by atoms with Crippen LogP contribution in [0.15, 0.2) is 22.7 Å². The highest BCUT2D eigenvalue weighted by Crippen LogP contribution is 2.35. The van der Waals surface area contributed by atoms with Crippen LogP contribution in [0.4, 0.5) is 0 Å². The number of methoxy groups -OCH3 is 1. The topological polar surface area (TPSA) is 21.3 Å². The average molecular weight is 326 g/mol. The third-order valence-corrected chi connectivity index (χ3v) is 4.91. The number of ether oxygens (including phenoxy) is 1. The Morgan fingerprint density at radius 3 is 2.63 bits per heavy atom. The summed E-state index contributed by atoms with van der Waals surface area (Å²) in [6.07, 6.45) is 8.27. The molecule has 0 heterocycles. The number of hydrogen-bond donors (Lipinski definition) is 1. The largest absolute Gasteiger partial charge is 0.497 e. The summed E-state index contributed by atoms with van der Waals surface area (Å²) in [6.45, 7) is 0. The fourth-order valence-electron chi connectivity index (χ4n) is 3.07. The second-order valence-electron chi connectivity index (χ2n) is 5.47. The van der Waals surface area contributed by atoms with Crippen LogP contribution in [-0.2, 0) is 0 Å². The SMILES string of the molecule is CNC(CC1CCCCC1)c1ccc(OC)cc1Br. The highest BCUT2D eigenvalue weighted by atomic mass is 79.9. The van der Waals surface area contributed by atoms with Gasteiger partial charge in [-0.1, -0.05) is 54.1 Å². The molecule has 0 bridgehead atoms. The summed E-state index contributed by atoms with van der Waals surface area (Å²) in [4.78, 5) is 0. The van der Waals surface area contributed by atoms with Crippen molar-refractivity contribution in [1.29, 1.82) is 0 Å². The van der Waals surface area contributed by atoms with Crippen molar-refractivity contribution in [2.24, 2.45) is 5.92 Å². The zero-order valence-corrected chi connectivity index (χ0v) is 13.5. The number of rotatable bonds is 5. The first kappa shape index (κ1) is 14.9. The summed E-state index contributed by atoms with van der Waals surface area (Å²) in [5.41, 5.74) is 1.34. The Morgan fingerprint density at radius 1 is 1.32 bits per heavy atom. The third kappa shape index (κ3) is 3.96. The van der Waals surface area contributed by atoms with Crippen LogP contribution in [0.2, 0.25) is 0 Å². The molecule has 3 heteroatoms. The maximum absolute atomic E-state index is 5.26. The fraction of sp³-hybridized carbons (Fsp3) is 0.625. The summed E-state index contributed by atoms with van der Waals surface area (Å²) in [7, 11) is 3.77. The molecule has 106 valence electrons. The Bertz CT molecular complexity index is 402. The molecule has 0 saturated heterocycles. The molecule has 0 amide bonds. The lowest BCUT2D eigenvalue weighted by Gasteiger charge is -2.27. The van der Waals surface area contributed by atoms with Crippen LogP contribution < -0.4 is 10.1 Å². The summed E-state index contributed by atoms with van der Waals surface area (Å²) in [5, 5.41) is 3.47. The van der Waals surface area contributed by atoms with Gasteiger partial charge in [0.15, 0.2) is 0 Å². The molecule has 1 N–H and O–H groups in total. The molecular weight excluding hydrogens is 302 g/mol. The molecular formula is C16H24BrNO. The Labute approximate surface area is 125 Å². The lowest BCUT2D eigenvalue weighted by Crippen LogP contribution is -2.21. The van der Waals surface area contributed by atoms with E-state index in [1.807, 2.05) is 6.07 Å². The minimum atomic E-state index is 0.434. The van der Waals surface area contributed by atoms with E-state index in [0.29, 0.717) is 6.04 Å². The second kappa shape index (κ2) is 7.30. The fourth-order valence-corrected chi connectivity index (χ4v) is 3.71. The molecule has 19 heavy (non-hydrogen) atoms. The molecule has 1 fully saturated rings. The van der Waals surface area contributed by atoms with Gasteiger partial charge in [-0.15, -0.1) is 0 Å². The summed E-state index contributed by atoms with van der Waals surface area (Å²) in [5.74, 6) is 1.78. The van der Waals surface area contributed by atoms with E-state index >= 15 is 0 Å². The molecule has 1 aliphatic rings. The van der Waals surface area contributed by atoms with Crippen LogP contribution in [0.25, 0.3) is 0 Å². The summed E-state index contributed by atoms with van der Waals surface area (Å²) < 4.78 is 6.40. The van der Waals surface area contributed by atoms with Crippen molar-refractivity contribution in [3.63, 3.8) is 0 Å². The van der Waals surface area contributed by atoms with Gasteiger partial charge in [-0.05, 0) is 37.1 Å². The smallest absolute Gasteiger partial charge is 0.120 e. The minimum absolute atomic E-state index is 0.434. The van der Waals surface area contributed by atoms with Crippen LogP contribution in [-0.4, -0.2) is 14.2 Å². The van der Waals surface area contributed by atoms with E-state index in [0.717, 1.165) is 16.1 Å². The minimum Gasteiger partial charge on any atom is -0.497 e. The van der Waals surface area contributed by atoms with Gasteiger partial charge in [0.2, 0.25) is 0 Å². The van der Waals surface area contributed by atoms with Gasteiger partial charge >= 0.3 is 0 Å². The van der Waals surface area contributed by atoms with Crippen LogP contribution in [0.5, 0.6) is 5.75 Å². The molecule has 1 unspecified atom stereocenters. The molecule has 0 aliphatic heterocycles. The lowest BCUT2D eigenvalue weighted by atomic mass is 9.83. The van der Waals surface area contributed by atoms with E-state index in [1.165, 1.54) is 44.1 Å². The highest BCUT2D eigenvalue weighted by molar-refractivity contribution is 9.10. The monoisotopic (exact) mass is 325 g/mol. The van der Waals surface area contributed by atoms with Crippen molar-refractivity contribution in [2.45, 2.75) is 44.6 Å². The summed E-state index contributed by atoms with van der Waals surface area (Å²) in [6, 6.07) is 6.71. The van der Waals surface area contributed by atoms with Gasteiger partial charge in [0.1, 0.15) is 5.75 Å². The number of halogens is 1. The lowest BCUT2D eigenvalue weighted by molar-refractivity contribution is 0.305. The van der Waals surface area contributed by atoms with E-state index in [1.54, 1.807) is 7.11 Å². The van der Waals surface area contributed by atoms with Crippen molar-refractivity contribution in [2.75, 3.05) is 14.2 Å². The van der Waals surface area contributed by atoms with E-state index in [-0.39, 0.29) is 0 Å². The molecule has 1 atom stereocenters. The molecule has 1 aromatic carbocycles. The van der Waals surface area contributed by atoms with Crippen LogP contribution in [0.1, 0.15) is 50.1 Å². The van der Waals surface area contributed by atoms with E-state index in [2.05, 4.69) is 40.4 Å². The maximum Gasteiger partial charge on any atom is 0.120 e. The van der Waals surface area contributed by atoms with Gasteiger partial charge in [-0.25, -0.2) is 0 Å². The number of benzene rings is 1. The molecule has 0 aromatic heterocycles. The Morgan fingerprint density at radius 2 is 2.05 bits per heavy atom. The predicted molar refractivity (Wildman–Crippen MR) is 83.7 cm³/mol. The Kier molecular flexibility index (Phi) is 5.71. The first-order valence-electron chi connectivity index (χ1n) is 7.25. The molecule has 1 aromatic rings. The number of nitrogens with one attached hydrogen (secondary N) is 1.